The molecule has 2 fully saturated rings. The number of aliphatic hydroxyl groups is 8. The van der Waals surface area contributed by atoms with E-state index in [4.69, 9.17) is 23.4 Å². The summed E-state index contributed by atoms with van der Waals surface area (Å²) in [5, 5.41) is 90.0. The van der Waals surface area contributed by atoms with Crippen molar-refractivity contribution in [1.82, 2.24) is 0 Å². The zero-order chi connectivity index (χ0) is 31.7. The normalized spacial score (nSPS) is 32.5. The number of carbonyl (C=O) groups is 1. The van der Waals surface area contributed by atoms with E-state index in [1.54, 1.807) is 12.1 Å². The van der Waals surface area contributed by atoms with Crippen molar-refractivity contribution in [2.75, 3.05) is 13.2 Å². The minimum absolute atomic E-state index is 0.0832. The van der Waals surface area contributed by atoms with Crippen molar-refractivity contribution in [2.45, 2.75) is 74.3 Å². The Morgan fingerprint density at radius 3 is 1.93 bits per heavy atom. The van der Waals surface area contributed by atoms with E-state index in [0.29, 0.717) is 17.4 Å². The third-order valence-corrected chi connectivity index (χ3v) is 7.73. The zero-order valence-corrected chi connectivity index (χ0v) is 23.1. The Hall–Kier alpha value is -3.35. The predicted octanol–water partition coefficient (Wildman–Crippen LogP) is -1.94. The monoisotopic (exact) mass is 622 g/mol. The number of aromatic hydroxyl groups is 1. The highest BCUT2D eigenvalue weighted by Crippen LogP contribution is 2.35. The molecular weight excluding hydrogens is 588 g/mol. The van der Waals surface area contributed by atoms with Crippen LogP contribution < -0.4 is 4.74 Å². The molecular formula is C29H34O15. The van der Waals surface area contributed by atoms with Gasteiger partial charge in [-0.15, -0.1) is 0 Å². The molecule has 9 N–H and O–H groups in total. The van der Waals surface area contributed by atoms with E-state index in [1.807, 2.05) is 0 Å². The Labute approximate surface area is 249 Å². The van der Waals surface area contributed by atoms with Crippen LogP contribution in [0.5, 0.6) is 11.5 Å². The molecule has 10 unspecified atom stereocenters. The summed E-state index contributed by atoms with van der Waals surface area (Å²) in [5.74, 6) is -1.17. The topological polar surface area (TPSA) is 249 Å². The fraction of sp³-hybridized carbons (Fsp3) is 0.483. The molecule has 44 heavy (non-hydrogen) atoms. The molecule has 0 aliphatic carbocycles. The van der Waals surface area contributed by atoms with Crippen molar-refractivity contribution in [3.8, 4) is 11.5 Å². The number of aliphatic hydroxyl groups excluding tert-OH is 8. The second kappa shape index (κ2) is 13.3. The van der Waals surface area contributed by atoms with Gasteiger partial charge in [0.2, 0.25) is 18.3 Å². The summed E-state index contributed by atoms with van der Waals surface area (Å²) in [6, 6.07) is 10.8. The van der Waals surface area contributed by atoms with Crippen molar-refractivity contribution in [3.05, 3.63) is 59.4 Å². The number of furan rings is 1. The van der Waals surface area contributed by atoms with E-state index in [0.717, 1.165) is 5.56 Å². The fourth-order valence-corrected chi connectivity index (χ4v) is 5.17. The third-order valence-electron chi connectivity index (χ3n) is 7.73. The molecule has 0 amide bonds. The Morgan fingerprint density at radius 1 is 0.727 bits per heavy atom. The molecule has 10 atom stereocenters. The lowest BCUT2D eigenvalue weighted by Gasteiger charge is -2.39. The standard InChI is InChI=1S/C29H34O15/c30-10-19-21(33)23(35)25(37)28(42-19)41-16-7-8-17-15(14(16)6-3-12-1-4-13(32)5-2-12)9-18(40-17)27(39)44-29-26(38)24(36)22(34)20(11-31)43-29/h1-2,4-5,7-9,19-26,28-38H,3,6,10-11H2. The maximum absolute atomic E-state index is 13.0. The highest BCUT2D eigenvalue weighted by molar-refractivity contribution is 5.94. The minimum atomic E-state index is -1.82. The molecule has 15 nitrogen and oxygen atoms in total. The Morgan fingerprint density at radius 2 is 1.32 bits per heavy atom. The van der Waals surface area contributed by atoms with Gasteiger partial charge >= 0.3 is 5.97 Å². The molecule has 240 valence electrons. The lowest BCUT2D eigenvalue weighted by Crippen LogP contribution is -2.60. The van der Waals surface area contributed by atoms with Crippen molar-refractivity contribution in [3.63, 3.8) is 0 Å². The summed E-state index contributed by atoms with van der Waals surface area (Å²) in [5.41, 5.74) is 1.53. The van der Waals surface area contributed by atoms with Crippen LogP contribution in [-0.4, -0.2) is 127 Å². The number of rotatable bonds is 9. The average Bonchev–Trinajstić information content (AvgIpc) is 3.46. The highest BCUT2D eigenvalue weighted by atomic mass is 16.7. The quantitative estimate of drug-likeness (QED) is 0.118. The van der Waals surface area contributed by atoms with Crippen LogP contribution >= 0.6 is 0 Å². The van der Waals surface area contributed by atoms with Crippen LogP contribution in [0.4, 0.5) is 0 Å². The number of hydrogen-bond donors (Lipinski definition) is 9. The van der Waals surface area contributed by atoms with Crippen molar-refractivity contribution >= 4 is 16.9 Å². The molecule has 1 aromatic heterocycles. The maximum Gasteiger partial charge on any atom is 0.376 e. The summed E-state index contributed by atoms with van der Waals surface area (Å²) in [6.45, 7) is -1.37. The largest absolute Gasteiger partial charge is 0.508 e. The molecule has 0 saturated carbocycles. The molecule has 5 rings (SSSR count). The highest BCUT2D eigenvalue weighted by Gasteiger charge is 2.46. The Bertz CT molecular complexity index is 1420. The summed E-state index contributed by atoms with van der Waals surface area (Å²) in [7, 11) is 0. The summed E-state index contributed by atoms with van der Waals surface area (Å²) >= 11 is 0. The van der Waals surface area contributed by atoms with E-state index >= 15 is 0 Å². The van der Waals surface area contributed by atoms with Crippen molar-refractivity contribution in [2.24, 2.45) is 0 Å². The second-order valence-corrected chi connectivity index (χ2v) is 10.6. The molecule has 3 heterocycles. The second-order valence-electron chi connectivity index (χ2n) is 10.6. The molecule has 15 heteroatoms. The molecule has 3 aromatic rings. The number of esters is 1. The van der Waals surface area contributed by atoms with Gasteiger partial charge in [0.1, 0.15) is 65.9 Å². The number of phenols is 1. The first-order valence-corrected chi connectivity index (χ1v) is 13.8. The van der Waals surface area contributed by atoms with Crippen molar-refractivity contribution < 1.29 is 74.1 Å². The third kappa shape index (κ3) is 6.38. The van der Waals surface area contributed by atoms with Gasteiger partial charge in [0.25, 0.3) is 0 Å². The van der Waals surface area contributed by atoms with Crippen LogP contribution in [0.2, 0.25) is 0 Å². The van der Waals surface area contributed by atoms with E-state index in [9.17, 15) is 50.8 Å². The van der Waals surface area contributed by atoms with Crippen LogP contribution in [-0.2, 0) is 27.1 Å². The smallest absolute Gasteiger partial charge is 0.376 e. The van der Waals surface area contributed by atoms with E-state index < -0.39 is 80.6 Å². The van der Waals surface area contributed by atoms with Gasteiger partial charge in [0.15, 0.2) is 0 Å². The molecule has 2 aliphatic heterocycles. The number of ether oxygens (including phenoxy) is 4. The number of phenolic OH excluding ortho intramolecular Hbond substituents is 1. The number of carbonyl (C=O) groups excluding carboxylic acids is 1. The number of benzene rings is 2. The first kappa shape index (κ1) is 32.1. The molecule has 2 aromatic carbocycles. The van der Waals surface area contributed by atoms with Gasteiger partial charge in [-0.25, -0.2) is 4.79 Å². The molecule has 0 bridgehead atoms. The van der Waals surface area contributed by atoms with Crippen molar-refractivity contribution in [1.29, 1.82) is 0 Å². The number of aryl methyl sites for hydroxylation is 2. The average molecular weight is 623 g/mol. The molecule has 0 radical (unpaired) electrons. The first-order valence-electron chi connectivity index (χ1n) is 13.8. The van der Waals surface area contributed by atoms with Crippen LogP contribution in [0.3, 0.4) is 0 Å². The van der Waals surface area contributed by atoms with Crippen LogP contribution in [0.1, 0.15) is 21.7 Å². The lowest BCUT2D eigenvalue weighted by molar-refractivity contribution is -0.285. The number of fused-ring (bicyclic) bond motifs is 1. The van der Waals surface area contributed by atoms with Gasteiger partial charge in [-0.05, 0) is 48.7 Å². The van der Waals surface area contributed by atoms with Gasteiger partial charge in [-0.3, -0.25) is 0 Å². The van der Waals surface area contributed by atoms with Crippen LogP contribution in [0.15, 0.2) is 46.9 Å². The Balaban J connectivity index is 1.44. The fourth-order valence-electron chi connectivity index (χ4n) is 5.17. The van der Waals surface area contributed by atoms with Crippen LogP contribution in [0.25, 0.3) is 11.0 Å². The van der Waals surface area contributed by atoms with E-state index in [2.05, 4.69) is 0 Å². The minimum Gasteiger partial charge on any atom is -0.508 e. The molecule has 2 aliphatic rings. The lowest BCUT2D eigenvalue weighted by atomic mass is 9.98. The molecule has 2 saturated heterocycles. The van der Waals surface area contributed by atoms with Gasteiger partial charge < -0.3 is 69.3 Å². The van der Waals surface area contributed by atoms with E-state index in [-0.39, 0.29) is 29.3 Å². The van der Waals surface area contributed by atoms with Gasteiger partial charge in [0.05, 0.1) is 13.2 Å². The zero-order valence-electron chi connectivity index (χ0n) is 23.1. The molecule has 0 spiro atoms. The number of hydrogen-bond acceptors (Lipinski definition) is 15. The van der Waals surface area contributed by atoms with E-state index in [1.165, 1.54) is 30.3 Å². The Kier molecular flexibility index (Phi) is 9.71. The summed E-state index contributed by atoms with van der Waals surface area (Å²) in [4.78, 5) is 13.0. The van der Waals surface area contributed by atoms with Gasteiger partial charge in [-0.2, -0.15) is 0 Å². The van der Waals surface area contributed by atoms with Crippen LogP contribution in [0, 0.1) is 0 Å². The summed E-state index contributed by atoms with van der Waals surface area (Å²) in [6.07, 6.45) is -15.2. The SMILES string of the molecule is O=C(OC1OC(CO)C(O)C(O)C1O)c1cc2c(CCc3ccc(O)cc3)c(OC3OC(CO)C(O)C(O)C3O)ccc2o1. The maximum atomic E-state index is 13.0. The first-order chi connectivity index (χ1) is 21.0. The van der Waals surface area contributed by atoms with Gasteiger partial charge in [0, 0.05) is 10.9 Å². The summed E-state index contributed by atoms with van der Waals surface area (Å²) < 4.78 is 27.6. The van der Waals surface area contributed by atoms with Gasteiger partial charge in [-0.1, -0.05) is 12.1 Å². The predicted molar refractivity (Wildman–Crippen MR) is 145 cm³/mol.